The van der Waals surface area contributed by atoms with Gasteiger partial charge in [0.25, 0.3) is 0 Å². The molecule has 0 aliphatic carbocycles. The molecule has 0 unspecified atom stereocenters. The fourth-order valence-electron chi connectivity index (χ4n) is 2.38. The summed E-state index contributed by atoms with van der Waals surface area (Å²) in [5.41, 5.74) is 5.46. The van der Waals surface area contributed by atoms with E-state index in [0.717, 1.165) is 13.1 Å². The lowest BCUT2D eigenvalue weighted by Crippen LogP contribution is -2.29. The quantitative estimate of drug-likeness (QED) is 0.713. The maximum Gasteiger partial charge on any atom is 0.0432 e. The van der Waals surface area contributed by atoms with Gasteiger partial charge in [-0.3, -0.25) is 0 Å². The zero-order chi connectivity index (χ0) is 11.7. The molecule has 2 aromatic rings. The number of nitrogens with zero attached hydrogens (tertiary/aromatic N) is 1. The molecule has 0 saturated heterocycles. The zero-order valence-corrected chi connectivity index (χ0v) is 10.1. The summed E-state index contributed by atoms with van der Waals surface area (Å²) in [4.78, 5) is 2.40. The van der Waals surface area contributed by atoms with E-state index in [4.69, 9.17) is 0 Å². The van der Waals surface area contributed by atoms with Crippen LogP contribution in [0.1, 0.15) is 16.7 Å². The van der Waals surface area contributed by atoms with Crippen molar-refractivity contribution >= 4 is 5.69 Å². The number of fused-ring (bicyclic) bond motifs is 1. The van der Waals surface area contributed by atoms with E-state index in [-0.39, 0.29) is 0 Å². The second kappa shape index (κ2) is 4.25. The summed E-state index contributed by atoms with van der Waals surface area (Å²) >= 11 is 0. The van der Waals surface area contributed by atoms with Crippen LogP contribution in [0.15, 0.2) is 48.5 Å². The van der Waals surface area contributed by atoms with Gasteiger partial charge < -0.3 is 4.90 Å². The Hall–Kier alpha value is -1.76. The summed E-state index contributed by atoms with van der Waals surface area (Å²) in [7, 11) is 0. The molecule has 0 aromatic heterocycles. The Morgan fingerprint density at radius 3 is 2.65 bits per heavy atom. The Bertz CT molecular complexity index is 516. The van der Waals surface area contributed by atoms with Gasteiger partial charge in [0.15, 0.2) is 0 Å². The van der Waals surface area contributed by atoms with E-state index in [0.29, 0.717) is 0 Å². The highest BCUT2D eigenvalue weighted by atomic mass is 15.1. The Morgan fingerprint density at radius 1 is 1.00 bits per heavy atom. The molecule has 0 N–H and O–H groups in total. The van der Waals surface area contributed by atoms with Crippen molar-refractivity contribution in [1.82, 2.24) is 0 Å². The number of rotatable bonds is 1. The molecule has 1 heterocycles. The molecular formula is C16H16N. The average Bonchev–Trinajstić information content (AvgIpc) is 2.39. The van der Waals surface area contributed by atoms with Crippen LogP contribution in [0.25, 0.3) is 0 Å². The molecule has 3 rings (SSSR count). The molecule has 0 atom stereocenters. The lowest BCUT2D eigenvalue weighted by atomic mass is 9.97. The number of hydrogen-bond donors (Lipinski definition) is 0. The molecule has 0 spiro atoms. The van der Waals surface area contributed by atoms with Crippen molar-refractivity contribution in [3.8, 4) is 0 Å². The van der Waals surface area contributed by atoms with E-state index in [2.05, 4.69) is 66.8 Å². The monoisotopic (exact) mass is 222 g/mol. The van der Waals surface area contributed by atoms with E-state index in [9.17, 15) is 0 Å². The standard InChI is InChI=1S/C16H16N/c1-13-7-8-14-9-10-17(12-15(14)11-13)16-5-3-2-4-6-16/h2-9,11H,10,12H2,1H3. The molecule has 1 radical (unpaired) electrons. The van der Waals surface area contributed by atoms with Crippen LogP contribution in [0.4, 0.5) is 5.69 Å². The summed E-state index contributed by atoms with van der Waals surface area (Å²) in [5.74, 6) is 0. The highest BCUT2D eigenvalue weighted by Gasteiger charge is 2.16. The Morgan fingerprint density at radius 2 is 1.82 bits per heavy atom. The third-order valence-corrected chi connectivity index (χ3v) is 3.31. The van der Waals surface area contributed by atoms with Crippen molar-refractivity contribution in [3.63, 3.8) is 0 Å². The van der Waals surface area contributed by atoms with E-state index in [1.54, 1.807) is 0 Å². The topological polar surface area (TPSA) is 3.24 Å². The summed E-state index contributed by atoms with van der Waals surface area (Å²) in [6.07, 6.45) is 2.31. The zero-order valence-electron chi connectivity index (χ0n) is 10.1. The second-order valence-corrected chi connectivity index (χ2v) is 4.62. The molecule has 1 aliphatic rings. The van der Waals surface area contributed by atoms with Gasteiger partial charge in [-0.2, -0.15) is 0 Å². The van der Waals surface area contributed by atoms with Crippen LogP contribution < -0.4 is 4.90 Å². The summed E-state index contributed by atoms with van der Waals surface area (Å²) in [5, 5.41) is 0. The Labute approximate surface area is 103 Å². The minimum absolute atomic E-state index is 1.00. The first-order valence-corrected chi connectivity index (χ1v) is 6.06. The predicted molar refractivity (Wildman–Crippen MR) is 72.1 cm³/mol. The van der Waals surface area contributed by atoms with Gasteiger partial charge in [0.2, 0.25) is 0 Å². The maximum atomic E-state index is 2.40. The fourth-order valence-corrected chi connectivity index (χ4v) is 2.38. The molecule has 0 fully saturated rings. The number of anilines is 1. The molecule has 0 saturated carbocycles. The third-order valence-electron chi connectivity index (χ3n) is 3.31. The molecule has 1 heteroatoms. The van der Waals surface area contributed by atoms with Crippen molar-refractivity contribution in [3.05, 3.63) is 71.6 Å². The van der Waals surface area contributed by atoms with Gasteiger partial charge >= 0.3 is 0 Å². The third kappa shape index (κ3) is 2.05. The Balaban J connectivity index is 1.90. The number of para-hydroxylation sites is 1. The molecule has 17 heavy (non-hydrogen) atoms. The van der Waals surface area contributed by atoms with Gasteiger partial charge in [-0.1, -0.05) is 42.0 Å². The van der Waals surface area contributed by atoms with Crippen molar-refractivity contribution in [2.24, 2.45) is 0 Å². The van der Waals surface area contributed by atoms with Gasteiger partial charge in [-0.05, 0) is 30.2 Å². The van der Waals surface area contributed by atoms with Crippen molar-refractivity contribution in [1.29, 1.82) is 0 Å². The number of benzene rings is 2. The number of hydrogen-bond acceptors (Lipinski definition) is 1. The van der Waals surface area contributed by atoms with E-state index in [1.807, 2.05) is 0 Å². The lowest BCUT2D eigenvalue weighted by Gasteiger charge is -2.30. The van der Waals surface area contributed by atoms with Gasteiger partial charge in [-0.15, -0.1) is 0 Å². The minimum atomic E-state index is 1.00. The SMILES string of the molecule is Cc1ccc2c(c1)CN(c1ccccc1)C[CH]2. The first-order valence-electron chi connectivity index (χ1n) is 6.06. The normalized spacial score (nSPS) is 14.5. The number of aryl methyl sites for hydroxylation is 1. The largest absolute Gasteiger partial charge is 0.367 e. The highest BCUT2D eigenvalue weighted by molar-refractivity contribution is 5.52. The van der Waals surface area contributed by atoms with Gasteiger partial charge in [0.05, 0.1) is 0 Å². The summed E-state index contributed by atoms with van der Waals surface area (Å²) in [6, 6.07) is 17.3. The first-order chi connectivity index (χ1) is 8.33. The van der Waals surface area contributed by atoms with Crippen LogP contribution in [0.3, 0.4) is 0 Å². The van der Waals surface area contributed by atoms with Crippen LogP contribution in [-0.4, -0.2) is 6.54 Å². The second-order valence-electron chi connectivity index (χ2n) is 4.62. The predicted octanol–water partition coefficient (Wildman–Crippen LogP) is 3.57. The first kappa shape index (κ1) is 10.4. The van der Waals surface area contributed by atoms with E-state index in [1.165, 1.54) is 22.4 Å². The maximum absolute atomic E-state index is 2.40. The fraction of sp³-hybridized carbons (Fsp3) is 0.188. The van der Waals surface area contributed by atoms with Crippen molar-refractivity contribution < 1.29 is 0 Å². The van der Waals surface area contributed by atoms with Crippen LogP contribution in [0.5, 0.6) is 0 Å². The van der Waals surface area contributed by atoms with Crippen LogP contribution >= 0.6 is 0 Å². The van der Waals surface area contributed by atoms with Crippen LogP contribution in [0, 0.1) is 13.3 Å². The average molecular weight is 222 g/mol. The molecule has 2 aromatic carbocycles. The van der Waals surface area contributed by atoms with Crippen LogP contribution in [0.2, 0.25) is 0 Å². The summed E-state index contributed by atoms with van der Waals surface area (Å²) in [6.45, 7) is 4.17. The van der Waals surface area contributed by atoms with Gasteiger partial charge in [0.1, 0.15) is 0 Å². The molecule has 0 bridgehead atoms. The van der Waals surface area contributed by atoms with E-state index >= 15 is 0 Å². The van der Waals surface area contributed by atoms with Gasteiger partial charge in [-0.25, -0.2) is 0 Å². The summed E-state index contributed by atoms with van der Waals surface area (Å²) < 4.78 is 0. The van der Waals surface area contributed by atoms with Crippen molar-refractivity contribution in [2.45, 2.75) is 13.5 Å². The van der Waals surface area contributed by atoms with E-state index < -0.39 is 0 Å². The molecule has 0 amide bonds. The van der Waals surface area contributed by atoms with Gasteiger partial charge in [0, 0.05) is 25.2 Å². The van der Waals surface area contributed by atoms with Crippen LogP contribution in [-0.2, 0) is 6.54 Å². The molecule has 1 aliphatic heterocycles. The smallest absolute Gasteiger partial charge is 0.0432 e. The minimum Gasteiger partial charge on any atom is -0.367 e. The highest BCUT2D eigenvalue weighted by Crippen LogP contribution is 2.25. The molecule has 1 nitrogen and oxygen atoms in total. The molecular weight excluding hydrogens is 206 g/mol. The molecule has 85 valence electrons. The Kier molecular flexibility index (Phi) is 2.60. The van der Waals surface area contributed by atoms with Crippen molar-refractivity contribution in [2.75, 3.05) is 11.4 Å². The lowest BCUT2D eigenvalue weighted by molar-refractivity contribution is 0.807.